The highest BCUT2D eigenvalue weighted by Crippen LogP contribution is 2.01. The van der Waals surface area contributed by atoms with E-state index in [0.717, 1.165) is 24.3 Å². The average Bonchev–Trinajstić information content (AvgIpc) is 2.38. The van der Waals surface area contributed by atoms with Crippen LogP contribution in [-0.2, 0) is 11.2 Å². The van der Waals surface area contributed by atoms with Gasteiger partial charge in [-0.2, -0.15) is 0 Å². The Balaban J connectivity index is 0.000000399. The molecular weight excluding hydrogens is 242 g/mol. The van der Waals surface area contributed by atoms with Gasteiger partial charge in [0.2, 0.25) is 0 Å². The fourth-order valence-corrected chi connectivity index (χ4v) is 1.45. The number of carbonyl (C=O) groups is 1. The van der Waals surface area contributed by atoms with Gasteiger partial charge in [0.1, 0.15) is 6.04 Å². The van der Waals surface area contributed by atoms with Crippen molar-refractivity contribution in [3.05, 3.63) is 35.9 Å². The van der Waals surface area contributed by atoms with Crippen molar-refractivity contribution in [2.75, 3.05) is 6.61 Å². The molecule has 4 N–H and O–H groups in total. The molecule has 19 heavy (non-hydrogen) atoms. The lowest BCUT2D eigenvalue weighted by atomic mass is 10.1. The third kappa shape index (κ3) is 10.2. The van der Waals surface area contributed by atoms with Crippen molar-refractivity contribution >= 4 is 5.97 Å². The highest BCUT2D eigenvalue weighted by Gasteiger charge is 2.10. The monoisotopic (exact) mass is 267 g/mol. The van der Waals surface area contributed by atoms with Crippen molar-refractivity contribution in [1.82, 2.24) is 0 Å². The first-order valence-corrected chi connectivity index (χ1v) is 6.60. The number of aliphatic hydroxyl groups excluding tert-OH is 1. The molecule has 0 aliphatic carbocycles. The van der Waals surface area contributed by atoms with Crippen molar-refractivity contribution in [2.45, 2.75) is 39.2 Å². The normalized spacial score (nSPS) is 11.6. The number of carboxylic acid groups (broad SMARTS) is 1. The fraction of sp³-hybridized carbons (Fsp3) is 0.533. The van der Waals surface area contributed by atoms with Gasteiger partial charge in [-0.1, -0.05) is 44.2 Å². The Bertz CT molecular complexity index is 339. The van der Waals surface area contributed by atoms with Crippen LogP contribution in [0.2, 0.25) is 0 Å². The van der Waals surface area contributed by atoms with E-state index >= 15 is 0 Å². The van der Waals surface area contributed by atoms with Crippen LogP contribution in [0.1, 0.15) is 32.3 Å². The SMILES string of the molecule is CC(C)CCCO.N[C@@H](Cc1ccccc1)C(=O)O. The van der Waals surface area contributed by atoms with Crippen LogP contribution >= 0.6 is 0 Å². The van der Waals surface area contributed by atoms with Crippen LogP contribution in [0.3, 0.4) is 0 Å². The molecule has 0 radical (unpaired) electrons. The molecule has 0 spiro atoms. The van der Waals surface area contributed by atoms with Gasteiger partial charge in [-0.15, -0.1) is 0 Å². The summed E-state index contributed by atoms with van der Waals surface area (Å²) >= 11 is 0. The van der Waals surface area contributed by atoms with Crippen molar-refractivity contribution < 1.29 is 15.0 Å². The molecule has 0 aromatic heterocycles. The second-order valence-electron chi connectivity index (χ2n) is 4.89. The lowest BCUT2D eigenvalue weighted by Crippen LogP contribution is -2.32. The summed E-state index contributed by atoms with van der Waals surface area (Å²) in [6.07, 6.45) is 2.49. The summed E-state index contributed by atoms with van der Waals surface area (Å²) < 4.78 is 0. The van der Waals surface area contributed by atoms with Crippen molar-refractivity contribution in [3.63, 3.8) is 0 Å². The van der Waals surface area contributed by atoms with Crippen LogP contribution in [-0.4, -0.2) is 28.8 Å². The Labute approximate surface area is 115 Å². The number of aliphatic carboxylic acids is 1. The van der Waals surface area contributed by atoms with Gasteiger partial charge in [0.15, 0.2) is 0 Å². The van der Waals surface area contributed by atoms with E-state index in [1.807, 2.05) is 30.3 Å². The lowest BCUT2D eigenvalue weighted by molar-refractivity contribution is -0.138. The molecule has 1 aromatic rings. The van der Waals surface area contributed by atoms with Gasteiger partial charge < -0.3 is 15.9 Å². The van der Waals surface area contributed by atoms with Crippen LogP contribution in [0, 0.1) is 5.92 Å². The number of benzene rings is 1. The van der Waals surface area contributed by atoms with Gasteiger partial charge in [-0.25, -0.2) is 0 Å². The Kier molecular flexibility index (Phi) is 9.75. The summed E-state index contributed by atoms with van der Waals surface area (Å²) in [6, 6.07) is 8.54. The van der Waals surface area contributed by atoms with Crippen LogP contribution in [0.5, 0.6) is 0 Å². The second kappa shape index (κ2) is 10.5. The molecule has 0 amide bonds. The minimum atomic E-state index is -0.959. The maximum absolute atomic E-state index is 10.4. The molecular formula is C15H25NO3. The standard InChI is InChI=1S/C9H11NO2.C6H14O/c10-8(9(11)12)6-7-4-2-1-3-5-7;1-6(2)4-3-5-7/h1-5,8H,6,10H2,(H,11,12);6-7H,3-5H2,1-2H3/t8-;/m0./s1. The molecule has 0 saturated carbocycles. The van der Waals surface area contributed by atoms with Gasteiger partial charge in [-0.3, -0.25) is 4.79 Å². The molecule has 4 nitrogen and oxygen atoms in total. The van der Waals surface area contributed by atoms with Gasteiger partial charge in [0.25, 0.3) is 0 Å². The van der Waals surface area contributed by atoms with Crippen LogP contribution in [0.15, 0.2) is 30.3 Å². The smallest absolute Gasteiger partial charge is 0.320 e. The molecule has 0 aliphatic rings. The minimum Gasteiger partial charge on any atom is -0.480 e. The minimum absolute atomic E-state index is 0.345. The number of carboxylic acids is 1. The first-order valence-electron chi connectivity index (χ1n) is 6.60. The molecule has 0 aliphatic heterocycles. The third-order valence-corrected chi connectivity index (χ3v) is 2.56. The number of hydrogen-bond acceptors (Lipinski definition) is 3. The van der Waals surface area contributed by atoms with Crippen molar-refractivity contribution in [1.29, 1.82) is 0 Å². The Morgan fingerprint density at radius 1 is 1.26 bits per heavy atom. The summed E-state index contributed by atoms with van der Waals surface area (Å²) in [5, 5.41) is 16.8. The second-order valence-corrected chi connectivity index (χ2v) is 4.89. The quantitative estimate of drug-likeness (QED) is 0.736. The molecule has 0 heterocycles. The number of hydrogen-bond donors (Lipinski definition) is 3. The predicted molar refractivity (Wildman–Crippen MR) is 76.9 cm³/mol. The van der Waals surface area contributed by atoms with E-state index in [1.165, 1.54) is 0 Å². The molecule has 1 atom stereocenters. The summed E-state index contributed by atoms with van der Waals surface area (Å²) in [7, 11) is 0. The zero-order valence-corrected chi connectivity index (χ0v) is 11.7. The Morgan fingerprint density at radius 3 is 2.21 bits per heavy atom. The maximum atomic E-state index is 10.4. The number of aliphatic hydroxyl groups is 1. The highest BCUT2D eigenvalue weighted by molar-refractivity contribution is 5.73. The van der Waals surface area contributed by atoms with Gasteiger partial charge >= 0.3 is 5.97 Å². The average molecular weight is 267 g/mol. The zero-order valence-electron chi connectivity index (χ0n) is 11.7. The van der Waals surface area contributed by atoms with E-state index in [2.05, 4.69) is 13.8 Å². The topological polar surface area (TPSA) is 83.5 Å². The molecule has 0 saturated heterocycles. The molecule has 4 heteroatoms. The Hall–Kier alpha value is -1.39. The first-order chi connectivity index (χ1) is 8.97. The largest absolute Gasteiger partial charge is 0.480 e. The van der Waals surface area contributed by atoms with E-state index in [0.29, 0.717) is 13.0 Å². The van der Waals surface area contributed by atoms with Gasteiger partial charge in [0, 0.05) is 6.61 Å². The molecule has 0 unspecified atom stereocenters. The highest BCUT2D eigenvalue weighted by atomic mass is 16.4. The first kappa shape index (κ1) is 17.6. The third-order valence-electron chi connectivity index (χ3n) is 2.56. The zero-order chi connectivity index (χ0) is 14.7. The Morgan fingerprint density at radius 2 is 1.84 bits per heavy atom. The van der Waals surface area contributed by atoms with E-state index < -0.39 is 12.0 Å². The number of nitrogens with two attached hydrogens (primary N) is 1. The fourth-order valence-electron chi connectivity index (χ4n) is 1.45. The van der Waals surface area contributed by atoms with Crippen molar-refractivity contribution in [3.8, 4) is 0 Å². The van der Waals surface area contributed by atoms with Crippen LogP contribution in [0.25, 0.3) is 0 Å². The van der Waals surface area contributed by atoms with Crippen LogP contribution in [0.4, 0.5) is 0 Å². The molecule has 0 fully saturated rings. The molecule has 1 rings (SSSR count). The van der Waals surface area contributed by atoms with Gasteiger partial charge in [0.05, 0.1) is 0 Å². The van der Waals surface area contributed by atoms with E-state index in [9.17, 15) is 4.79 Å². The van der Waals surface area contributed by atoms with E-state index in [-0.39, 0.29) is 0 Å². The lowest BCUT2D eigenvalue weighted by Gasteiger charge is -2.04. The number of rotatable bonds is 6. The van der Waals surface area contributed by atoms with Gasteiger partial charge in [-0.05, 0) is 30.7 Å². The van der Waals surface area contributed by atoms with Crippen molar-refractivity contribution in [2.24, 2.45) is 11.7 Å². The molecule has 0 bridgehead atoms. The van der Waals surface area contributed by atoms with Crippen LogP contribution < -0.4 is 5.73 Å². The predicted octanol–water partition coefficient (Wildman–Crippen LogP) is 2.06. The summed E-state index contributed by atoms with van der Waals surface area (Å²) in [5.41, 5.74) is 6.30. The summed E-state index contributed by atoms with van der Waals surface area (Å²) in [6.45, 7) is 4.67. The summed E-state index contributed by atoms with van der Waals surface area (Å²) in [4.78, 5) is 10.4. The molecule has 1 aromatic carbocycles. The molecule has 108 valence electrons. The summed E-state index contributed by atoms with van der Waals surface area (Å²) in [5.74, 6) is -0.217. The van der Waals surface area contributed by atoms with E-state index in [1.54, 1.807) is 0 Å². The maximum Gasteiger partial charge on any atom is 0.320 e. The van der Waals surface area contributed by atoms with E-state index in [4.69, 9.17) is 15.9 Å².